The first-order chi connectivity index (χ1) is 8.74. The first-order valence-electron chi connectivity index (χ1n) is 5.68. The van der Waals surface area contributed by atoms with Crippen molar-refractivity contribution in [2.24, 2.45) is 0 Å². The van der Waals surface area contributed by atoms with Crippen LogP contribution in [0.4, 0.5) is 0 Å². The summed E-state index contributed by atoms with van der Waals surface area (Å²) in [5.41, 5.74) is 0. The van der Waals surface area contributed by atoms with Gasteiger partial charge in [-0.1, -0.05) is 24.3 Å². The quantitative estimate of drug-likeness (QED) is 0.219. The molecule has 0 bridgehead atoms. The fraction of sp³-hybridized carbons (Fsp3) is 0.429. The van der Waals surface area contributed by atoms with Gasteiger partial charge in [0.05, 0.1) is 26.4 Å². The van der Waals surface area contributed by atoms with E-state index in [2.05, 4.69) is 26.3 Å². The van der Waals surface area contributed by atoms with Crippen LogP contribution in [0.2, 0.25) is 0 Å². The summed E-state index contributed by atoms with van der Waals surface area (Å²) in [6, 6.07) is 0. The molecule has 4 nitrogen and oxygen atoms in total. The van der Waals surface area contributed by atoms with Crippen molar-refractivity contribution in [2.75, 3.05) is 33.0 Å². The van der Waals surface area contributed by atoms with E-state index >= 15 is 0 Å². The number of rotatable bonds is 13. The zero-order chi connectivity index (χ0) is 13.7. The second kappa shape index (κ2) is 13.4. The molecule has 0 aromatic rings. The van der Waals surface area contributed by atoms with E-state index in [0.29, 0.717) is 6.61 Å². The van der Waals surface area contributed by atoms with Crippen LogP contribution < -0.4 is 0 Å². The Kier molecular flexibility index (Phi) is 14.3. The summed E-state index contributed by atoms with van der Waals surface area (Å²) in [4.78, 5) is 0. The van der Waals surface area contributed by atoms with Crippen LogP contribution in [0.3, 0.4) is 0 Å². The number of hydrogen-bond donors (Lipinski definition) is 0. The van der Waals surface area contributed by atoms with Crippen LogP contribution in [0.25, 0.3) is 0 Å². The van der Waals surface area contributed by atoms with Crippen molar-refractivity contribution in [1.82, 2.24) is 0 Å². The van der Waals surface area contributed by atoms with Gasteiger partial charge in [0.1, 0.15) is 6.61 Å². The topological polar surface area (TPSA) is 36.9 Å². The maximum atomic E-state index is 5.51. The Morgan fingerprint density at radius 3 is 1.37 bits per heavy atom. The molecule has 0 aliphatic heterocycles. The van der Waals surface area contributed by atoms with Crippen LogP contribution in [0.15, 0.2) is 50.6 Å². The number of hydrogen-bond acceptors (Lipinski definition) is 4. The average molecular weight is 265 g/mol. The minimum atomic E-state index is -1.28. The van der Waals surface area contributed by atoms with Crippen molar-refractivity contribution < 1.29 is 18.9 Å². The fourth-order valence-corrected chi connectivity index (χ4v) is 1.07. The molecule has 106 valence electrons. The van der Waals surface area contributed by atoms with E-state index in [1.165, 1.54) is 0 Å². The van der Waals surface area contributed by atoms with Crippen LogP contribution in [0, 0.1) is 0 Å². The van der Waals surface area contributed by atoms with E-state index in [1.54, 1.807) is 24.3 Å². The van der Waals surface area contributed by atoms with Gasteiger partial charge >= 0.3 is 16.1 Å². The van der Waals surface area contributed by atoms with Gasteiger partial charge in [0, 0.05) is 0 Å². The van der Waals surface area contributed by atoms with E-state index in [4.69, 9.17) is 18.9 Å². The van der Waals surface area contributed by atoms with Gasteiger partial charge in [0.25, 0.3) is 0 Å². The Morgan fingerprint density at radius 1 is 0.684 bits per heavy atom. The SMILES string of the molecule is C=CCOCC(OCC=C)(OCC=C)OCC=C.[BeH2]. The van der Waals surface area contributed by atoms with Crippen molar-refractivity contribution >= 4 is 10.1 Å². The third-order valence-corrected chi connectivity index (χ3v) is 1.78. The zero-order valence-electron chi connectivity index (χ0n) is 10.8. The normalized spacial score (nSPS) is 10.3. The molecule has 0 spiro atoms. The maximum absolute atomic E-state index is 5.51. The van der Waals surface area contributed by atoms with Gasteiger partial charge < -0.3 is 18.9 Å². The van der Waals surface area contributed by atoms with Gasteiger partial charge in [-0.05, 0) is 0 Å². The summed E-state index contributed by atoms with van der Waals surface area (Å²) in [7, 11) is 0. The van der Waals surface area contributed by atoms with Crippen molar-refractivity contribution in [3.05, 3.63) is 50.6 Å². The van der Waals surface area contributed by atoms with Gasteiger partial charge in [-0.2, -0.15) is 0 Å². The molecule has 19 heavy (non-hydrogen) atoms. The van der Waals surface area contributed by atoms with E-state index < -0.39 is 5.97 Å². The Labute approximate surface area is 119 Å². The second-order valence-electron chi connectivity index (χ2n) is 3.29. The standard InChI is InChI=1S/C14H22O4.Be.2H/c1-5-9-15-13-14(16-10-6-2,17-11-7-3)18-12-8-4;;;/h5-8H,1-4,9-13H2;;;. The number of ether oxygens (including phenoxy) is 4. The Hall–Kier alpha value is -1.03. The monoisotopic (exact) mass is 265 g/mol. The van der Waals surface area contributed by atoms with Crippen LogP contribution in [-0.4, -0.2) is 49.1 Å². The molecular formula is C14H24BeO4. The van der Waals surface area contributed by atoms with Gasteiger partial charge in [-0.3, -0.25) is 0 Å². The molecular weight excluding hydrogens is 241 g/mol. The predicted octanol–water partition coefficient (Wildman–Crippen LogP) is 1.53. The molecule has 0 saturated carbocycles. The summed E-state index contributed by atoms with van der Waals surface area (Å²) in [6.45, 7) is 15.7. The van der Waals surface area contributed by atoms with Crippen molar-refractivity contribution in [3.8, 4) is 0 Å². The molecule has 0 amide bonds. The summed E-state index contributed by atoms with van der Waals surface area (Å²) >= 11 is 0. The molecule has 5 heteroatoms. The molecule has 0 heterocycles. The van der Waals surface area contributed by atoms with E-state index in [0.717, 1.165) is 0 Å². The molecule has 0 fully saturated rings. The van der Waals surface area contributed by atoms with Crippen LogP contribution >= 0.6 is 0 Å². The average Bonchev–Trinajstić information content (AvgIpc) is 2.40. The van der Waals surface area contributed by atoms with Crippen LogP contribution in [0.5, 0.6) is 0 Å². The third kappa shape index (κ3) is 9.54. The summed E-state index contributed by atoms with van der Waals surface area (Å²) in [6.07, 6.45) is 6.46. The van der Waals surface area contributed by atoms with Crippen molar-refractivity contribution in [3.63, 3.8) is 0 Å². The van der Waals surface area contributed by atoms with Gasteiger partial charge in [0.15, 0.2) is 0 Å². The Morgan fingerprint density at radius 2 is 1.05 bits per heavy atom. The van der Waals surface area contributed by atoms with Gasteiger partial charge in [-0.25, -0.2) is 0 Å². The molecule has 0 N–H and O–H groups in total. The summed E-state index contributed by atoms with van der Waals surface area (Å²) in [5, 5.41) is 0. The van der Waals surface area contributed by atoms with E-state index in [1.807, 2.05) is 0 Å². The molecule has 0 aromatic heterocycles. The minimum absolute atomic E-state index is 0. The summed E-state index contributed by atoms with van der Waals surface area (Å²) < 4.78 is 21.9. The van der Waals surface area contributed by atoms with Crippen molar-refractivity contribution in [1.29, 1.82) is 0 Å². The van der Waals surface area contributed by atoms with Crippen LogP contribution in [-0.2, 0) is 18.9 Å². The first-order valence-corrected chi connectivity index (χ1v) is 5.68. The Bertz CT molecular complexity index is 235. The van der Waals surface area contributed by atoms with E-state index in [9.17, 15) is 0 Å². The van der Waals surface area contributed by atoms with Gasteiger partial charge in [0.2, 0.25) is 0 Å². The molecule has 0 saturated heterocycles. The van der Waals surface area contributed by atoms with Gasteiger partial charge in [-0.15, -0.1) is 26.3 Å². The van der Waals surface area contributed by atoms with Crippen LogP contribution in [0.1, 0.15) is 0 Å². The Balaban J connectivity index is 0. The second-order valence-corrected chi connectivity index (χ2v) is 3.29. The molecule has 0 unspecified atom stereocenters. The zero-order valence-corrected chi connectivity index (χ0v) is 10.8. The fourth-order valence-electron chi connectivity index (χ4n) is 1.07. The molecule has 0 aliphatic rings. The third-order valence-electron chi connectivity index (χ3n) is 1.78. The first kappa shape index (κ1) is 20.3. The molecule has 0 aliphatic carbocycles. The summed E-state index contributed by atoms with van der Waals surface area (Å²) in [5.74, 6) is -1.28. The van der Waals surface area contributed by atoms with Crippen molar-refractivity contribution in [2.45, 2.75) is 5.97 Å². The molecule has 0 atom stereocenters. The molecule has 0 radical (unpaired) electrons. The molecule has 0 aromatic carbocycles. The molecule has 0 rings (SSSR count). The van der Waals surface area contributed by atoms with E-state index in [-0.39, 0.29) is 36.5 Å². The predicted molar refractivity (Wildman–Crippen MR) is 80.7 cm³/mol.